The van der Waals surface area contributed by atoms with Crippen LogP contribution in [0.5, 0.6) is 0 Å². The summed E-state index contributed by atoms with van der Waals surface area (Å²) in [6, 6.07) is 5.61. The van der Waals surface area contributed by atoms with Crippen molar-refractivity contribution in [2.75, 3.05) is 0 Å². The van der Waals surface area contributed by atoms with Crippen LogP contribution in [0.4, 0.5) is 17.6 Å². The van der Waals surface area contributed by atoms with E-state index in [2.05, 4.69) is 21.0 Å². The van der Waals surface area contributed by atoms with Crippen LogP contribution in [-0.4, -0.2) is 16.0 Å². The average molecular weight is 337 g/mol. The Morgan fingerprint density at radius 2 is 1.79 bits per heavy atom. The quantitative estimate of drug-likeness (QED) is 0.776. The predicted molar refractivity (Wildman–Crippen MR) is 65.2 cm³/mol. The second-order valence-corrected chi connectivity index (χ2v) is 4.87. The zero-order chi connectivity index (χ0) is 14.0. The van der Waals surface area contributed by atoms with Crippen LogP contribution >= 0.6 is 15.9 Å². The van der Waals surface area contributed by atoms with Crippen molar-refractivity contribution in [3.63, 3.8) is 0 Å². The van der Waals surface area contributed by atoms with Gasteiger partial charge < -0.3 is 0 Å². The molecule has 1 heterocycles. The fourth-order valence-electron chi connectivity index (χ4n) is 1.67. The third kappa shape index (κ3) is 3.79. The fraction of sp³-hybridized carbons (Fsp3) is 0.250. The summed E-state index contributed by atoms with van der Waals surface area (Å²) in [4.78, 5) is 0. The molecule has 0 N–H and O–H groups in total. The lowest BCUT2D eigenvalue weighted by atomic mass is 10.1. The molecule has 2 aromatic rings. The van der Waals surface area contributed by atoms with Crippen LogP contribution in [0.3, 0.4) is 0 Å². The van der Waals surface area contributed by atoms with Gasteiger partial charge in [-0.3, -0.25) is 4.68 Å². The molecule has 0 amide bonds. The summed E-state index contributed by atoms with van der Waals surface area (Å²) in [6.45, 7) is -1.14. The van der Waals surface area contributed by atoms with Crippen LogP contribution in [-0.2, 0) is 13.0 Å². The minimum Gasteiger partial charge on any atom is -0.259 e. The summed E-state index contributed by atoms with van der Waals surface area (Å²) >= 11 is 3.17. The van der Waals surface area contributed by atoms with E-state index < -0.39 is 12.7 Å². The highest BCUT2D eigenvalue weighted by atomic mass is 79.9. The number of benzene rings is 1. The number of hydrogen-bond acceptors (Lipinski definition) is 1. The van der Waals surface area contributed by atoms with Crippen molar-refractivity contribution < 1.29 is 17.6 Å². The molecule has 2 nitrogen and oxygen atoms in total. The molecule has 19 heavy (non-hydrogen) atoms. The van der Waals surface area contributed by atoms with Gasteiger partial charge in [0.1, 0.15) is 12.4 Å². The molecule has 0 spiro atoms. The number of aromatic nitrogens is 2. The van der Waals surface area contributed by atoms with E-state index in [4.69, 9.17) is 0 Å². The van der Waals surface area contributed by atoms with Gasteiger partial charge in [0.05, 0.1) is 16.4 Å². The molecule has 0 aliphatic heterocycles. The van der Waals surface area contributed by atoms with E-state index in [1.807, 2.05) is 0 Å². The maximum atomic E-state index is 12.8. The molecule has 0 saturated carbocycles. The predicted octanol–water partition coefficient (Wildman–Crippen LogP) is 3.94. The van der Waals surface area contributed by atoms with E-state index >= 15 is 0 Å². The van der Waals surface area contributed by atoms with Crippen molar-refractivity contribution in [1.82, 2.24) is 9.78 Å². The highest BCUT2D eigenvalue weighted by Crippen LogP contribution is 2.24. The number of alkyl halides is 3. The molecule has 0 fully saturated rings. The second-order valence-electron chi connectivity index (χ2n) is 4.02. The van der Waals surface area contributed by atoms with Gasteiger partial charge in [-0.2, -0.15) is 18.3 Å². The Morgan fingerprint density at radius 3 is 2.37 bits per heavy atom. The SMILES string of the molecule is Fc1ccc(Cc2c(Br)cnn2CC(F)(F)F)cc1. The van der Waals surface area contributed by atoms with Gasteiger partial charge in [-0.15, -0.1) is 0 Å². The van der Waals surface area contributed by atoms with E-state index in [1.54, 1.807) is 0 Å². The molecule has 1 aromatic carbocycles. The van der Waals surface area contributed by atoms with Gasteiger partial charge in [-0.25, -0.2) is 4.39 Å². The zero-order valence-electron chi connectivity index (χ0n) is 9.59. The van der Waals surface area contributed by atoms with E-state index in [0.29, 0.717) is 15.7 Å². The summed E-state index contributed by atoms with van der Waals surface area (Å²) in [5, 5.41) is 3.69. The lowest BCUT2D eigenvalue weighted by molar-refractivity contribution is -0.143. The third-order valence-electron chi connectivity index (χ3n) is 2.51. The minimum atomic E-state index is -4.33. The number of hydrogen-bond donors (Lipinski definition) is 0. The van der Waals surface area contributed by atoms with Crippen molar-refractivity contribution in [2.24, 2.45) is 0 Å². The molecular formula is C12H9BrF4N2. The van der Waals surface area contributed by atoms with Crippen molar-refractivity contribution in [2.45, 2.75) is 19.1 Å². The summed E-state index contributed by atoms with van der Waals surface area (Å²) in [7, 11) is 0. The first-order chi connectivity index (χ1) is 8.85. The van der Waals surface area contributed by atoms with Gasteiger partial charge >= 0.3 is 6.18 Å². The molecule has 0 radical (unpaired) electrons. The van der Waals surface area contributed by atoms with Crippen molar-refractivity contribution in [3.8, 4) is 0 Å². The van der Waals surface area contributed by atoms with Crippen molar-refractivity contribution in [3.05, 3.63) is 52.0 Å². The van der Waals surface area contributed by atoms with Crippen LogP contribution in [0.15, 0.2) is 34.9 Å². The van der Waals surface area contributed by atoms with Crippen molar-refractivity contribution >= 4 is 15.9 Å². The Morgan fingerprint density at radius 1 is 1.16 bits per heavy atom. The molecule has 7 heteroatoms. The summed E-state index contributed by atoms with van der Waals surface area (Å²) in [6.07, 6.45) is -2.76. The molecule has 0 unspecified atom stereocenters. The summed E-state index contributed by atoms with van der Waals surface area (Å²) in [5.41, 5.74) is 1.12. The lowest BCUT2D eigenvalue weighted by Gasteiger charge is -2.11. The summed E-state index contributed by atoms with van der Waals surface area (Å²) < 4.78 is 51.4. The molecular weight excluding hydrogens is 328 g/mol. The molecule has 0 saturated heterocycles. The lowest BCUT2D eigenvalue weighted by Crippen LogP contribution is -2.20. The monoisotopic (exact) mass is 336 g/mol. The topological polar surface area (TPSA) is 17.8 Å². The molecule has 0 aliphatic rings. The van der Waals surface area contributed by atoms with Crippen molar-refractivity contribution in [1.29, 1.82) is 0 Å². The molecule has 2 rings (SSSR count). The van der Waals surface area contributed by atoms with Gasteiger partial charge in [0.2, 0.25) is 0 Å². The largest absolute Gasteiger partial charge is 0.408 e. The van der Waals surface area contributed by atoms with Crippen LogP contribution in [0, 0.1) is 5.82 Å². The van der Waals surface area contributed by atoms with Gasteiger partial charge in [-0.05, 0) is 33.6 Å². The molecule has 102 valence electrons. The molecule has 1 aromatic heterocycles. The van der Waals surface area contributed by atoms with Crippen LogP contribution < -0.4 is 0 Å². The van der Waals surface area contributed by atoms with Gasteiger partial charge in [0, 0.05) is 6.42 Å². The molecule has 0 bridgehead atoms. The Labute approximate surface area is 115 Å². The first-order valence-electron chi connectivity index (χ1n) is 5.36. The molecule has 0 atom stereocenters. The van der Waals surface area contributed by atoms with E-state index in [1.165, 1.54) is 30.5 Å². The minimum absolute atomic E-state index is 0.247. The fourth-order valence-corrected chi connectivity index (χ4v) is 2.10. The highest BCUT2D eigenvalue weighted by Gasteiger charge is 2.29. The van der Waals surface area contributed by atoms with Gasteiger partial charge in [-0.1, -0.05) is 12.1 Å². The van der Waals surface area contributed by atoms with E-state index in [-0.39, 0.29) is 12.2 Å². The number of nitrogens with zero attached hydrogens (tertiary/aromatic N) is 2. The Bertz CT molecular complexity index is 560. The van der Waals surface area contributed by atoms with Gasteiger partial charge in [0.15, 0.2) is 0 Å². The Kier molecular flexibility index (Phi) is 3.93. The van der Waals surface area contributed by atoms with E-state index in [9.17, 15) is 17.6 Å². The normalized spacial score (nSPS) is 11.8. The maximum absolute atomic E-state index is 12.8. The van der Waals surface area contributed by atoms with Crippen LogP contribution in [0.1, 0.15) is 11.3 Å². The zero-order valence-corrected chi connectivity index (χ0v) is 11.2. The Hall–Kier alpha value is -1.37. The molecule has 0 aliphatic carbocycles. The van der Waals surface area contributed by atoms with Gasteiger partial charge in [0.25, 0.3) is 0 Å². The number of halogens is 5. The van der Waals surface area contributed by atoms with E-state index in [0.717, 1.165) is 4.68 Å². The standard InChI is InChI=1S/C12H9BrF4N2/c13-10-6-18-19(7-12(15,16)17)11(10)5-8-1-3-9(14)4-2-8/h1-4,6H,5,7H2. The average Bonchev–Trinajstić information content (AvgIpc) is 2.62. The maximum Gasteiger partial charge on any atom is 0.408 e. The Balaban J connectivity index is 2.24. The smallest absolute Gasteiger partial charge is 0.259 e. The van der Waals surface area contributed by atoms with Crippen LogP contribution in [0.2, 0.25) is 0 Å². The second kappa shape index (κ2) is 5.32. The first-order valence-corrected chi connectivity index (χ1v) is 6.16. The van der Waals surface area contributed by atoms with Crippen LogP contribution in [0.25, 0.3) is 0 Å². The highest BCUT2D eigenvalue weighted by molar-refractivity contribution is 9.10. The first kappa shape index (κ1) is 14.0. The number of rotatable bonds is 3. The summed E-state index contributed by atoms with van der Waals surface area (Å²) in [5.74, 6) is -0.383. The third-order valence-corrected chi connectivity index (χ3v) is 3.17.